The van der Waals surface area contributed by atoms with Crippen LogP contribution in [0.5, 0.6) is 28.7 Å². The molecule has 1 saturated carbocycles. The number of Topliss-reactive ketones (excluding diaryl/α,β-unsaturated/α-hetero) is 1. The average Bonchev–Trinajstić information content (AvgIpc) is 3.33. The van der Waals surface area contributed by atoms with E-state index < -0.39 is 0 Å². The first-order valence-electron chi connectivity index (χ1n) is 11.4. The van der Waals surface area contributed by atoms with Crippen molar-refractivity contribution < 1.29 is 23.7 Å². The van der Waals surface area contributed by atoms with Gasteiger partial charge < -0.3 is 18.9 Å². The molecule has 2 aliphatic rings. The first kappa shape index (κ1) is 21.8. The Hall–Kier alpha value is -2.99. The molecule has 0 saturated heterocycles. The topological polar surface area (TPSA) is 66.9 Å². The lowest BCUT2D eigenvalue weighted by molar-refractivity contribution is -0.119. The fourth-order valence-corrected chi connectivity index (χ4v) is 4.93. The third-order valence-corrected chi connectivity index (χ3v) is 6.65. The number of carbonyl (C=O) groups is 1. The Morgan fingerprint density at radius 2 is 1.88 bits per heavy atom. The number of rotatable bonds is 7. The number of aromatic nitrogens is 1. The molecular weight excluding hydrogens is 442 g/mol. The number of methoxy groups -OCH3 is 1. The molecule has 1 aliphatic carbocycles. The van der Waals surface area contributed by atoms with Crippen molar-refractivity contribution >= 4 is 28.3 Å². The van der Waals surface area contributed by atoms with Crippen molar-refractivity contribution in [1.82, 2.24) is 4.98 Å². The second-order valence-electron chi connectivity index (χ2n) is 8.56. The monoisotopic (exact) mass is 467 g/mol. The molecule has 0 radical (unpaired) electrons. The van der Waals surface area contributed by atoms with Crippen LogP contribution in [-0.4, -0.2) is 31.1 Å². The summed E-state index contributed by atoms with van der Waals surface area (Å²) in [5.41, 5.74) is 1.50. The van der Waals surface area contributed by atoms with Crippen LogP contribution >= 0.6 is 11.6 Å². The molecular formula is C26H26ClNO5. The molecule has 2 heterocycles. The van der Waals surface area contributed by atoms with E-state index in [1.807, 2.05) is 18.2 Å². The van der Waals surface area contributed by atoms with Crippen LogP contribution in [0.1, 0.15) is 37.7 Å². The molecule has 1 aliphatic heterocycles. The summed E-state index contributed by atoms with van der Waals surface area (Å²) < 4.78 is 23.3. The van der Waals surface area contributed by atoms with E-state index >= 15 is 0 Å². The van der Waals surface area contributed by atoms with Gasteiger partial charge in [0.1, 0.15) is 30.5 Å². The minimum absolute atomic E-state index is 0.246. The van der Waals surface area contributed by atoms with Crippen LogP contribution in [0.2, 0.25) is 5.02 Å². The van der Waals surface area contributed by atoms with Gasteiger partial charge in [-0.1, -0.05) is 43.4 Å². The maximum absolute atomic E-state index is 12.5. The Labute approximate surface area is 197 Å². The van der Waals surface area contributed by atoms with Gasteiger partial charge in [0, 0.05) is 30.1 Å². The average molecular weight is 468 g/mol. The molecule has 0 N–H and O–H groups in total. The predicted octanol–water partition coefficient (Wildman–Crippen LogP) is 6.15. The van der Waals surface area contributed by atoms with Gasteiger partial charge in [0.2, 0.25) is 5.75 Å². The predicted molar refractivity (Wildman–Crippen MR) is 126 cm³/mol. The number of pyridine rings is 1. The van der Waals surface area contributed by atoms with Gasteiger partial charge in [-0.15, -0.1) is 0 Å². The molecule has 7 heteroatoms. The molecule has 0 bridgehead atoms. The number of ketones is 1. The Kier molecular flexibility index (Phi) is 6.27. The summed E-state index contributed by atoms with van der Waals surface area (Å²) in [6, 6.07) is 9.04. The quantitative estimate of drug-likeness (QED) is 0.415. The minimum Gasteiger partial charge on any atom is -0.493 e. The van der Waals surface area contributed by atoms with E-state index in [1.165, 1.54) is 12.8 Å². The highest BCUT2D eigenvalue weighted by atomic mass is 35.5. The van der Waals surface area contributed by atoms with Crippen molar-refractivity contribution in [1.29, 1.82) is 0 Å². The molecule has 6 nitrogen and oxygen atoms in total. The molecule has 0 spiro atoms. The number of benzene rings is 2. The van der Waals surface area contributed by atoms with Crippen LogP contribution in [-0.2, 0) is 11.2 Å². The standard InChI is InChI=1S/C26H26ClNO5/c1-30-23-15-21-24(26-25(23)31-10-11-32-26)22(8-9-28-21)33-19-7-6-17(20(27)14-19)13-18(29)12-16-4-2-3-5-16/h6-9,14-16H,2-5,10-13H2,1H3. The Bertz CT molecular complexity index is 1190. The smallest absolute Gasteiger partial charge is 0.204 e. The van der Waals surface area contributed by atoms with Gasteiger partial charge in [-0.25, -0.2) is 0 Å². The van der Waals surface area contributed by atoms with Crippen molar-refractivity contribution in [2.45, 2.75) is 38.5 Å². The molecule has 1 fully saturated rings. The fraction of sp³-hybridized carbons (Fsp3) is 0.385. The number of ether oxygens (including phenoxy) is 4. The Morgan fingerprint density at radius 3 is 2.64 bits per heavy atom. The molecule has 0 atom stereocenters. The maximum Gasteiger partial charge on any atom is 0.204 e. The van der Waals surface area contributed by atoms with Crippen molar-refractivity contribution in [2.24, 2.45) is 5.92 Å². The Morgan fingerprint density at radius 1 is 1.09 bits per heavy atom. The fourth-order valence-electron chi connectivity index (χ4n) is 4.69. The third-order valence-electron chi connectivity index (χ3n) is 6.29. The van der Waals surface area contributed by atoms with E-state index in [4.69, 9.17) is 30.5 Å². The summed E-state index contributed by atoms with van der Waals surface area (Å²) in [5, 5.41) is 1.23. The van der Waals surface area contributed by atoms with Gasteiger partial charge >= 0.3 is 0 Å². The number of hydrogen-bond acceptors (Lipinski definition) is 6. The molecule has 1 aromatic heterocycles. The van der Waals surface area contributed by atoms with Gasteiger partial charge in [-0.2, -0.15) is 0 Å². The van der Waals surface area contributed by atoms with E-state index in [0.717, 1.165) is 18.4 Å². The lowest BCUT2D eigenvalue weighted by Gasteiger charge is -2.23. The molecule has 172 valence electrons. The van der Waals surface area contributed by atoms with Crippen LogP contribution in [0.3, 0.4) is 0 Å². The van der Waals surface area contributed by atoms with Crippen molar-refractivity contribution in [3.8, 4) is 28.7 Å². The van der Waals surface area contributed by atoms with Crippen LogP contribution in [0.4, 0.5) is 0 Å². The summed E-state index contributed by atoms with van der Waals surface area (Å²) in [7, 11) is 1.59. The zero-order valence-electron chi connectivity index (χ0n) is 18.6. The molecule has 33 heavy (non-hydrogen) atoms. The molecule has 5 rings (SSSR count). The second kappa shape index (κ2) is 9.48. The minimum atomic E-state index is 0.246. The summed E-state index contributed by atoms with van der Waals surface area (Å²) in [4.78, 5) is 16.9. The first-order valence-corrected chi connectivity index (χ1v) is 11.7. The maximum atomic E-state index is 12.5. The summed E-state index contributed by atoms with van der Waals surface area (Å²) >= 11 is 6.52. The van der Waals surface area contributed by atoms with E-state index in [1.54, 1.807) is 25.4 Å². The molecule has 3 aromatic rings. The van der Waals surface area contributed by atoms with Crippen molar-refractivity contribution in [2.75, 3.05) is 20.3 Å². The largest absolute Gasteiger partial charge is 0.493 e. The van der Waals surface area contributed by atoms with Gasteiger partial charge in [0.25, 0.3) is 0 Å². The van der Waals surface area contributed by atoms with Crippen molar-refractivity contribution in [3.63, 3.8) is 0 Å². The number of nitrogens with zero attached hydrogens (tertiary/aromatic N) is 1. The normalized spacial score (nSPS) is 15.6. The van der Waals surface area contributed by atoms with Gasteiger partial charge in [-0.3, -0.25) is 9.78 Å². The molecule has 0 amide bonds. The lowest BCUT2D eigenvalue weighted by atomic mass is 9.97. The summed E-state index contributed by atoms with van der Waals surface area (Å²) in [5.74, 6) is 3.59. The van der Waals surface area contributed by atoms with Gasteiger partial charge in [0.05, 0.1) is 18.0 Å². The van der Waals surface area contributed by atoms with Gasteiger partial charge in [-0.05, 0) is 29.7 Å². The van der Waals surface area contributed by atoms with Gasteiger partial charge in [0.15, 0.2) is 11.5 Å². The number of halogens is 1. The van der Waals surface area contributed by atoms with E-state index in [9.17, 15) is 4.79 Å². The third kappa shape index (κ3) is 4.58. The number of fused-ring (bicyclic) bond motifs is 3. The van der Waals surface area contributed by atoms with Crippen molar-refractivity contribution in [3.05, 3.63) is 47.1 Å². The Balaban J connectivity index is 1.39. The summed E-state index contributed by atoms with van der Waals surface area (Å²) in [6.07, 6.45) is 7.47. The highest BCUT2D eigenvalue weighted by Gasteiger charge is 2.24. The number of carbonyl (C=O) groups excluding carboxylic acids is 1. The number of hydrogen-bond donors (Lipinski definition) is 0. The molecule has 0 unspecified atom stereocenters. The van der Waals surface area contributed by atoms with E-state index in [0.29, 0.717) is 76.6 Å². The first-order chi connectivity index (χ1) is 16.1. The highest BCUT2D eigenvalue weighted by Crippen LogP contribution is 2.48. The highest BCUT2D eigenvalue weighted by molar-refractivity contribution is 6.31. The second-order valence-corrected chi connectivity index (χ2v) is 8.97. The van der Waals surface area contributed by atoms with Crippen LogP contribution in [0.25, 0.3) is 10.9 Å². The summed E-state index contributed by atoms with van der Waals surface area (Å²) in [6.45, 7) is 0.876. The molecule has 2 aromatic carbocycles. The van der Waals surface area contributed by atoms with E-state index in [2.05, 4.69) is 4.98 Å². The van der Waals surface area contributed by atoms with Crippen LogP contribution < -0.4 is 18.9 Å². The van der Waals surface area contributed by atoms with E-state index in [-0.39, 0.29) is 5.78 Å². The lowest BCUT2D eigenvalue weighted by Crippen LogP contribution is -2.16. The SMILES string of the molecule is COc1cc2nccc(Oc3ccc(CC(=O)CC4CCCC4)c(Cl)c3)c2c2c1OCCO2. The van der Waals surface area contributed by atoms with Crippen LogP contribution in [0, 0.1) is 5.92 Å². The van der Waals surface area contributed by atoms with Crippen LogP contribution in [0.15, 0.2) is 36.5 Å². The zero-order chi connectivity index (χ0) is 22.8. The zero-order valence-corrected chi connectivity index (χ0v) is 19.3.